The number of carbonyl (C=O) groups excluding carboxylic acids is 1. The average Bonchev–Trinajstić information content (AvgIpc) is 3.00. The van der Waals surface area contributed by atoms with Crippen molar-refractivity contribution in [1.82, 2.24) is 0 Å². The van der Waals surface area contributed by atoms with E-state index < -0.39 is 12.0 Å². The number of anilines is 1. The average molecular weight is 481 g/mol. The van der Waals surface area contributed by atoms with E-state index in [9.17, 15) is 14.7 Å². The summed E-state index contributed by atoms with van der Waals surface area (Å²) in [7, 11) is 0. The molecule has 5 heteroatoms. The molecule has 1 heterocycles. The molecule has 3 aromatic carbocycles. The van der Waals surface area contributed by atoms with Gasteiger partial charge in [0.25, 0.3) is 5.91 Å². The minimum absolute atomic E-state index is 0.115. The number of amides is 1. The van der Waals surface area contributed by atoms with E-state index in [4.69, 9.17) is 4.99 Å². The topological polar surface area (TPSA) is 70.0 Å². The Labute approximate surface area is 212 Å². The highest BCUT2D eigenvalue weighted by molar-refractivity contribution is 6.12. The van der Waals surface area contributed by atoms with Gasteiger partial charge in [-0.05, 0) is 54.5 Å². The van der Waals surface area contributed by atoms with Crippen LogP contribution < -0.4 is 4.90 Å². The number of fused-ring (bicyclic) bond motifs is 1. The molecule has 1 amide bonds. The number of carboxylic acid groups (broad SMARTS) is 1. The Hall–Kier alpha value is -3.73. The number of aromatic carboxylic acids is 1. The van der Waals surface area contributed by atoms with Crippen LogP contribution in [0.2, 0.25) is 0 Å². The summed E-state index contributed by atoms with van der Waals surface area (Å²) in [5, 5.41) is 9.63. The van der Waals surface area contributed by atoms with Crippen LogP contribution in [0.4, 0.5) is 5.69 Å². The van der Waals surface area contributed by atoms with E-state index in [1.807, 2.05) is 37.3 Å². The minimum atomic E-state index is -1.01. The van der Waals surface area contributed by atoms with Gasteiger partial charge in [-0.25, -0.2) is 4.79 Å². The van der Waals surface area contributed by atoms with Crippen LogP contribution in [0.3, 0.4) is 0 Å². The maximum Gasteiger partial charge on any atom is 0.335 e. The van der Waals surface area contributed by atoms with Gasteiger partial charge in [0.2, 0.25) is 0 Å². The Balaban J connectivity index is 1.49. The molecule has 1 aliphatic heterocycles. The van der Waals surface area contributed by atoms with Gasteiger partial charge >= 0.3 is 5.97 Å². The summed E-state index contributed by atoms with van der Waals surface area (Å²) in [6.07, 6.45) is 6.89. The molecule has 1 aliphatic carbocycles. The van der Waals surface area contributed by atoms with Crippen LogP contribution in [0.15, 0.2) is 77.8 Å². The normalized spacial score (nSPS) is 18.4. The van der Waals surface area contributed by atoms with Crippen LogP contribution in [0, 0.1) is 0 Å². The highest BCUT2D eigenvalue weighted by Crippen LogP contribution is 2.34. The Morgan fingerprint density at radius 3 is 2.36 bits per heavy atom. The number of benzene rings is 3. The van der Waals surface area contributed by atoms with Crippen LogP contribution in [0.5, 0.6) is 0 Å². The third kappa shape index (κ3) is 5.11. The zero-order valence-corrected chi connectivity index (χ0v) is 20.7. The van der Waals surface area contributed by atoms with Crippen LogP contribution in [-0.2, 0) is 17.8 Å². The van der Waals surface area contributed by atoms with Crippen LogP contribution >= 0.6 is 0 Å². The van der Waals surface area contributed by atoms with E-state index in [-0.39, 0.29) is 11.5 Å². The van der Waals surface area contributed by atoms with Gasteiger partial charge in [0.15, 0.2) is 0 Å². The SMILES string of the molecule is CC1=N[C@@H](Cc2ccccc2)C(=O)N(Cc2ccc(C3CCCCC3)cc2)c2cc(C(=O)O)ccc21. The summed E-state index contributed by atoms with van der Waals surface area (Å²) < 4.78 is 0. The van der Waals surface area contributed by atoms with Crippen molar-refractivity contribution in [2.45, 2.75) is 64.0 Å². The summed E-state index contributed by atoms with van der Waals surface area (Å²) in [6, 6.07) is 22.9. The molecule has 0 radical (unpaired) electrons. The molecule has 5 nitrogen and oxygen atoms in total. The molecule has 5 rings (SSSR count). The first-order chi connectivity index (χ1) is 17.5. The quantitative estimate of drug-likeness (QED) is 0.444. The Morgan fingerprint density at radius 1 is 0.944 bits per heavy atom. The summed E-state index contributed by atoms with van der Waals surface area (Å²) >= 11 is 0. The van der Waals surface area contributed by atoms with Gasteiger partial charge in [-0.2, -0.15) is 0 Å². The van der Waals surface area contributed by atoms with Gasteiger partial charge in [0.1, 0.15) is 6.04 Å². The molecule has 1 atom stereocenters. The highest BCUT2D eigenvalue weighted by atomic mass is 16.4. The van der Waals surface area contributed by atoms with E-state index in [1.54, 1.807) is 23.1 Å². The molecule has 184 valence electrons. The van der Waals surface area contributed by atoms with Gasteiger partial charge in [-0.1, -0.05) is 79.9 Å². The van der Waals surface area contributed by atoms with Crippen molar-refractivity contribution in [3.05, 3.63) is 101 Å². The third-order valence-corrected chi connectivity index (χ3v) is 7.49. The maximum absolute atomic E-state index is 13.9. The predicted octanol–water partition coefficient (Wildman–Crippen LogP) is 6.40. The second kappa shape index (κ2) is 10.5. The molecule has 1 fully saturated rings. The van der Waals surface area contributed by atoms with Crippen LogP contribution in [0.25, 0.3) is 0 Å². The van der Waals surface area contributed by atoms with Crippen molar-refractivity contribution >= 4 is 23.3 Å². The van der Waals surface area contributed by atoms with Crippen molar-refractivity contribution < 1.29 is 14.7 Å². The van der Waals surface area contributed by atoms with Crippen LogP contribution in [-0.4, -0.2) is 28.7 Å². The monoisotopic (exact) mass is 480 g/mol. The lowest BCUT2D eigenvalue weighted by Crippen LogP contribution is -2.38. The molecule has 0 spiro atoms. The summed E-state index contributed by atoms with van der Waals surface area (Å²) in [5.74, 6) is -0.504. The summed E-state index contributed by atoms with van der Waals surface area (Å²) in [4.78, 5) is 32.2. The van der Waals surface area contributed by atoms with Crippen molar-refractivity contribution in [2.24, 2.45) is 4.99 Å². The lowest BCUT2D eigenvalue weighted by atomic mass is 9.84. The first-order valence-electron chi connectivity index (χ1n) is 12.9. The molecule has 0 bridgehead atoms. The fraction of sp³-hybridized carbons (Fsp3) is 0.323. The lowest BCUT2D eigenvalue weighted by molar-refractivity contribution is -0.119. The van der Waals surface area contributed by atoms with E-state index in [0.29, 0.717) is 24.6 Å². The largest absolute Gasteiger partial charge is 0.478 e. The second-order valence-electron chi connectivity index (χ2n) is 9.96. The number of aliphatic imine (C=N–C) groups is 1. The standard InChI is InChI=1S/C31H32N2O3/c1-21-27-17-16-26(31(35)36)19-29(27)33(30(34)28(32-21)18-22-8-4-2-5-9-22)20-23-12-14-25(15-13-23)24-10-6-3-7-11-24/h2,4-5,8-9,12-17,19,24,28H,3,6-7,10-11,18,20H2,1H3,(H,35,36)/t28-/m0/s1. The fourth-order valence-corrected chi connectivity index (χ4v) is 5.50. The van der Waals surface area contributed by atoms with Gasteiger partial charge in [0.05, 0.1) is 17.8 Å². The second-order valence-corrected chi connectivity index (χ2v) is 9.96. The smallest absolute Gasteiger partial charge is 0.335 e. The Bertz CT molecular complexity index is 1270. The first kappa shape index (κ1) is 24.0. The Morgan fingerprint density at radius 2 is 1.67 bits per heavy atom. The number of nitrogens with zero attached hydrogens (tertiary/aromatic N) is 2. The number of carbonyl (C=O) groups is 2. The molecule has 2 aliphatic rings. The van der Waals surface area contributed by atoms with Crippen molar-refractivity contribution in [1.29, 1.82) is 0 Å². The molecule has 0 unspecified atom stereocenters. The zero-order chi connectivity index (χ0) is 25.1. The molecular formula is C31H32N2O3. The fourth-order valence-electron chi connectivity index (χ4n) is 5.50. The van der Waals surface area contributed by atoms with Gasteiger partial charge in [0, 0.05) is 17.7 Å². The number of hydrogen-bond donors (Lipinski definition) is 1. The number of carboxylic acids is 1. The lowest BCUT2D eigenvalue weighted by Gasteiger charge is -2.26. The van der Waals surface area contributed by atoms with Crippen molar-refractivity contribution in [3.63, 3.8) is 0 Å². The Kier molecular flexibility index (Phi) is 6.99. The molecule has 0 saturated heterocycles. The predicted molar refractivity (Wildman–Crippen MR) is 143 cm³/mol. The van der Waals surface area contributed by atoms with Gasteiger partial charge in [-0.15, -0.1) is 0 Å². The zero-order valence-electron chi connectivity index (χ0n) is 20.7. The summed E-state index contributed by atoms with van der Waals surface area (Å²) in [5.41, 5.74) is 5.74. The van der Waals surface area contributed by atoms with E-state index in [0.717, 1.165) is 22.4 Å². The maximum atomic E-state index is 13.9. The molecule has 1 saturated carbocycles. The number of hydrogen-bond acceptors (Lipinski definition) is 3. The minimum Gasteiger partial charge on any atom is -0.478 e. The highest BCUT2D eigenvalue weighted by Gasteiger charge is 2.31. The molecule has 0 aromatic heterocycles. The third-order valence-electron chi connectivity index (χ3n) is 7.49. The summed E-state index contributed by atoms with van der Waals surface area (Å²) in [6.45, 7) is 2.26. The van der Waals surface area contributed by atoms with Crippen LogP contribution in [0.1, 0.15) is 77.6 Å². The molecule has 3 aromatic rings. The van der Waals surface area contributed by atoms with Gasteiger partial charge < -0.3 is 10.0 Å². The van der Waals surface area contributed by atoms with E-state index >= 15 is 0 Å². The molecule has 36 heavy (non-hydrogen) atoms. The van der Waals surface area contributed by atoms with Crippen molar-refractivity contribution in [2.75, 3.05) is 4.90 Å². The van der Waals surface area contributed by atoms with Crippen molar-refractivity contribution in [3.8, 4) is 0 Å². The van der Waals surface area contributed by atoms with E-state index in [2.05, 4.69) is 24.3 Å². The number of benzodiazepines with no additional fused rings is 1. The van der Waals surface area contributed by atoms with Gasteiger partial charge in [-0.3, -0.25) is 9.79 Å². The molecule has 1 N–H and O–H groups in total. The van der Waals surface area contributed by atoms with E-state index in [1.165, 1.54) is 37.7 Å². The number of rotatable bonds is 6. The molecular weight excluding hydrogens is 448 g/mol. The first-order valence-corrected chi connectivity index (χ1v) is 12.9.